The molecule has 0 saturated heterocycles. The van der Waals surface area contributed by atoms with Crippen LogP contribution in [0.5, 0.6) is 0 Å². The summed E-state index contributed by atoms with van der Waals surface area (Å²) in [6.45, 7) is 40.3. The van der Waals surface area contributed by atoms with Crippen LogP contribution in [0.3, 0.4) is 0 Å². The first kappa shape index (κ1) is 52.8. The Morgan fingerprint density at radius 2 is 0.843 bits per heavy atom. The maximum absolute atomic E-state index is 7.96. The first-order chi connectivity index (χ1) is 39.0. The van der Waals surface area contributed by atoms with Crippen LogP contribution in [0.2, 0.25) is 0 Å². The Morgan fingerprint density at radius 3 is 1.42 bits per heavy atom. The normalized spacial score (nSPS) is 29.0. The molecular formula is C78H92BN3O. The van der Waals surface area contributed by atoms with Gasteiger partial charge in [-0.1, -0.05) is 153 Å². The molecule has 3 aliphatic heterocycles. The van der Waals surface area contributed by atoms with Gasteiger partial charge in [0.1, 0.15) is 5.58 Å². The third-order valence-electron chi connectivity index (χ3n) is 26.0. The van der Waals surface area contributed by atoms with Crippen molar-refractivity contribution in [2.24, 2.45) is 0 Å². The molecule has 0 spiro atoms. The SMILES string of the molecule is CC1(C)CCC(C)(C)c2cc(N3c4cc5c(cc4B4c6c3cc(N3c7ccccc7C7(C)CCCCC37C)cc6N(c3ccc6c(c3)C(C)(C)CCC6(C)C)c3oc6cc7c(cc6c34)C3(C)CCC7(C)CC3)C(C)(C)CCC5(C)C)ccc21. The largest absolute Gasteiger partial charge is 0.440 e. The summed E-state index contributed by atoms with van der Waals surface area (Å²) in [5, 5.41) is 1.31. The van der Waals surface area contributed by atoms with Crippen LogP contribution >= 0.6 is 0 Å². The van der Waals surface area contributed by atoms with Gasteiger partial charge in [-0.25, -0.2) is 0 Å². The zero-order valence-corrected chi connectivity index (χ0v) is 53.5. The number of furan rings is 1. The van der Waals surface area contributed by atoms with Crippen LogP contribution in [-0.4, -0.2) is 12.3 Å². The topological polar surface area (TPSA) is 22.9 Å². The van der Waals surface area contributed by atoms with E-state index in [9.17, 15) is 0 Å². The number of para-hydroxylation sites is 1. The average molecular weight is 1100 g/mol. The summed E-state index contributed by atoms with van der Waals surface area (Å²) in [5.74, 6) is 1.00. The Kier molecular flexibility index (Phi) is 10.3. The Hall–Kier alpha value is -5.68. The number of nitrogens with zero attached hydrogens (tertiary/aromatic N) is 3. The summed E-state index contributed by atoms with van der Waals surface area (Å²) in [5.41, 5.74) is 28.3. The molecule has 6 aromatic carbocycles. The van der Waals surface area contributed by atoms with Gasteiger partial charge in [-0.15, -0.1) is 0 Å². The Bertz CT molecular complexity index is 4000. The number of benzene rings is 6. The quantitative estimate of drug-likeness (QED) is 0.165. The van der Waals surface area contributed by atoms with E-state index in [1.54, 1.807) is 5.56 Å². The molecule has 17 rings (SSSR count). The molecule has 0 N–H and O–H groups in total. The zero-order valence-electron chi connectivity index (χ0n) is 53.5. The molecule has 2 bridgehead atoms. The fraction of sp³-hybridized carbons (Fsp3) is 0.513. The first-order valence-electron chi connectivity index (χ1n) is 32.8. The lowest BCUT2D eigenvalue weighted by molar-refractivity contribution is 0.188. The van der Waals surface area contributed by atoms with Crippen molar-refractivity contribution < 1.29 is 4.42 Å². The summed E-state index contributed by atoms with van der Waals surface area (Å²) in [4.78, 5) is 8.33. The van der Waals surface area contributed by atoms with E-state index in [-0.39, 0.29) is 61.0 Å². The van der Waals surface area contributed by atoms with E-state index < -0.39 is 0 Å². The van der Waals surface area contributed by atoms with Crippen LogP contribution in [0.25, 0.3) is 11.0 Å². The summed E-state index contributed by atoms with van der Waals surface area (Å²) in [6.07, 6.45) is 16.8. The lowest BCUT2D eigenvalue weighted by Crippen LogP contribution is -2.62. The number of fused-ring (bicyclic) bond motifs is 14. The van der Waals surface area contributed by atoms with Gasteiger partial charge in [-0.3, -0.25) is 4.90 Å². The maximum atomic E-state index is 7.96. The van der Waals surface area contributed by atoms with Gasteiger partial charge >= 0.3 is 0 Å². The van der Waals surface area contributed by atoms with Crippen molar-refractivity contribution in [3.8, 4) is 0 Å². The van der Waals surface area contributed by atoms with Crippen molar-refractivity contribution in [1.82, 2.24) is 0 Å². The van der Waals surface area contributed by atoms with Crippen molar-refractivity contribution in [1.29, 1.82) is 0 Å². The van der Waals surface area contributed by atoms with Crippen molar-refractivity contribution in [2.75, 3.05) is 14.7 Å². The standard InChI is InChI=1S/C78H92BN3O/c1-69(2)29-31-71(5,6)54-39-47(23-25-51(54)69)80-62-45-57-56(73(9,10)33-34-74(57,11)12)44-60(62)79-66-50-43-58-59(76(14)37-35-75(58,13)36-38-76)46-65(50)83-68(66)81(48-24-26-52-55(40-48)72(7,8)32-30-70(52,3)4)64-42-49(41-63(80)67(64)79)82-61-22-18-17-21-53(61)77(15)27-19-20-28-78(77,82)16/h17-18,21-26,39-46H,19-20,27-38H2,1-16H3. The van der Waals surface area contributed by atoms with Crippen LogP contribution in [0.15, 0.2) is 101 Å². The highest BCUT2D eigenvalue weighted by Gasteiger charge is 2.59. The zero-order chi connectivity index (χ0) is 57.9. The third kappa shape index (κ3) is 6.84. The molecule has 7 aromatic rings. The fourth-order valence-corrected chi connectivity index (χ4v) is 19.7. The molecule has 5 heteroatoms. The van der Waals surface area contributed by atoms with Crippen LogP contribution in [0.4, 0.5) is 45.7 Å². The van der Waals surface area contributed by atoms with Crippen molar-refractivity contribution in [2.45, 2.75) is 255 Å². The molecule has 4 nitrogen and oxygen atoms in total. The molecule has 10 aliphatic rings. The van der Waals surface area contributed by atoms with Gasteiger partial charge in [0.25, 0.3) is 6.71 Å². The number of rotatable bonds is 3. The highest BCUT2D eigenvalue weighted by atomic mass is 16.4. The van der Waals surface area contributed by atoms with Gasteiger partial charge in [0.2, 0.25) is 5.88 Å². The molecule has 4 heterocycles. The van der Waals surface area contributed by atoms with Crippen LogP contribution in [-0.2, 0) is 48.7 Å². The molecule has 2 fully saturated rings. The maximum Gasteiger partial charge on any atom is 0.257 e. The van der Waals surface area contributed by atoms with Gasteiger partial charge < -0.3 is 14.2 Å². The lowest BCUT2D eigenvalue weighted by Gasteiger charge is -2.52. The molecule has 1 aromatic heterocycles. The van der Waals surface area contributed by atoms with E-state index in [4.69, 9.17) is 4.42 Å². The highest BCUT2D eigenvalue weighted by Crippen LogP contribution is 2.64. The van der Waals surface area contributed by atoms with E-state index in [2.05, 4.69) is 223 Å². The molecule has 2 atom stereocenters. The van der Waals surface area contributed by atoms with E-state index in [0.717, 1.165) is 30.7 Å². The number of anilines is 8. The molecule has 2 saturated carbocycles. The minimum atomic E-state index is -0.140. The Morgan fingerprint density at radius 1 is 0.361 bits per heavy atom. The molecule has 83 heavy (non-hydrogen) atoms. The van der Waals surface area contributed by atoms with Gasteiger partial charge in [0, 0.05) is 56.1 Å². The van der Waals surface area contributed by atoms with Crippen molar-refractivity contribution in [3.05, 3.63) is 147 Å². The molecule has 428 valence electrons. The molecular weight excluding hydrogens is 1010 g/mol. The van der Waals surface area contributed by atoms with Gasteiger partial charge in [0.15, 0.2) is 0 Å². The van der Waals surface area contributed by atoms with Crippen LogP contribution < -0.4 is 31.1 Å². The second-order valence-electron chi connectivity index (χ2n) is 33.7. The molecule has 2 unspecified atom stereocenters. The van der Waals surface area contributed by atoms with E-state index in [1.807, 2.05) is 0 Å². The predicted molar refractivity (Wildman–Crippen MR) is 352 cm³/mol. The Labute approximate surface area is 498 Å². The second kappa shape index (κ2) is 16.2. The number of hydrogen-bond donors (Lipinski definition) is 0. The fourth-order valence-electron chi connectivity index (χ4n) is 19.7. The summed E-state index contributed by atoms with van der Waals surface area (Å²) < 4.78 is 7.96. The minimum Gasteiger partial charge on any atom is -0.440 e. The van der Waals surface area contributed by atoms with Gasteiger partial charge in [-0.2, -0.15) is 0 Å². The average Bonchev–Trinajstić information content (AvgIpc) is 1.99. The van der Waals surface area contributed by atoms with Gasteiger partial charge in [-0.05, 0) is 249 Å². The highest BCUT2D eigenvalue weighted by molar-refractivity contribution is 7.01. The predicted octanol–water partition coefficient (Wildman–Crippen LogP) is 19.4. The van der Waals surface area contributed by atoms with Crippen molar-refractivity contribution >= 4 is 79.8 Å². The lowest BCUT2D eigenvalue weighted by atomic mass is 9.33. The number of hydrogen-bond acceptors (Lipinski definition) is 4. The smallest absolute Gasteiger partial charge is 0.257 e. The van der Waals surface area contributed by atoms with Crippen LogP contribution in [0.1, 0.15) is 251 Å². The van der Waals surface area contributed by atoms with Crippen molar-refractivity contribution in [3.63, 3.8) is 0 Å². The first-order valence-corrected chi connectivity index (χ1v) is 32.8. The monoisotopic (exact) mass is 1100 g/mol. The van der Waals surface area contributed by atoms with Gasteiger partial charge in [0.05, 0.1) is 5.54 Å². The van der Waals surface area contributed by atoms with E-state index >= 15 is 0 Å². The summed E-state index contributed by atoms with van der Waals surface area (Å²) in [6, 6.07) is 41.0. The second-order valence-corrected chi connectivity index (χ2v) is 33.7. The molecule has 0 radical (unpaired) electrons. The Balaban J connectivity index is 1.07. The summed E-state index contributed by atoms with van der Waals surface area (Å²) >= 11 is 0. The minimum absolute atomic E-state index is 0.00753. The van der Waals surface area contributed by atoms with E-state index in [1.165, 1.54) is 177 Å². The van der Waals surface area contributed by atoms with E-state index in [0.29, 0.717) is 0 Å². The molecule has 7 aliphatic carbocycles. The summed E-state index contributed by atoms with van der Waals surface area (Å²) in [7, 11) is 0. The van der Waals surface area contributed by atoms with Crippen LogP contribution in [0, 0.1) is 0 Å². The molecule has 0 amide bonds. The third-order valence-corrected chi connectivity index (χ3v) is 26.0.